The van der Waals surface area contributed by atoms with Gasteiger partial charge in [-0.15, -0.1) is 0 Å². The summed E-state index contributed by atoms with van der Waals surface area (Å²) in [5, 5.41) is 13.2. The smallest absolute Gasteiger partial charge is 0.123 e. The van der Waals surface area contributed by atoms with Gasteiger partial charge in [-0.3, -0.25) is 4.90 Å². The SMILES string of the molecule is COc1ccccc1CN(C)CC(O)CNC(C)C. The van der Waals surface area contributed by atoms with E-state index in [2.05, 4.69) is 24.1 Å². The molecular weight excluding hydrogens is 240 g/mol. The normalized spacial score (nSPS) is 13.0. The minimum absolute atomic E-state index is 0.359. The van der Waals surface area contributed by atoms with Crippen LogP contribution in [0, 0.1) is 0 Å². The first-order valence-electron chi connectivity index (χ1n) is 6.74. The van der Waals surface area contributed by atoms with Gasteiger partial charge in [0.1, 0.15) is 5.75 Å². The molecule has 0 saturated heterocycles. The van der Waals surface area contributed by atoms with E-state index in [4.69, 9.17) is 4.74 Å². The van der Waals surface area contributed by atoms with Crippen molar-refractivity contribution in [3.8, 4) is 5.75 Å². The number of benzene rings is 1. The second-order valence-electron chi connectivity index (χ2n) is 5.23. The van der Waals surface area contributed by atoms with Gasteiger partial charge in [0.05, 0.1) is 13.2 Å². The van der Waals surface area contributed by atoms with Crippen LogP contribution in [-0.4, -0.2) is 49.4 Å². The number of hydrogen-bond donors (Lipinski definition) is 2. The van der Waals surface area contributed by atoms with Crippen LogP contribution in [0.15, 0.2) is 24.3 Å². The molecule has 1 aromatic carbocycles. The van der Waals surface area contributed by atoms with Crippen molar-refractivity contribution in [2.75, 3.05) is 27.2 Å². The maximum atomic E-state index is 9.94. The van der Waals surface area contributed by atoms with Crippen LogP contribution in [0.3, 0.4) is 0 Å². The van der Waals surface area contributed by atoms with Crippen molar-refractivity contribution in [2.24, 2.45) is 0 Å². The van der Waals surface area contributed by atoms with Gasteiger partial charge in [0.15, 0.2) is 0 Å². The average molecular weight is 266 g/mol. The minimum atomic E-state index is -0.359. The first kappa shape index (κ1) is 16.0. The molecule has 0 spiro atoms. The summed E-state index contributed by atoms with van der Waals surface area (Å²) in [5.74, 6) is 0.893. The molecule has 19 heavy (non-hydrogen) atoms. The molecule has 1 atom stereocenters. The van der Waals surface area contributed by atoms with E-state index in [1.54, 1.807) is 7.11 Å². The first-order valence-corrected chi connectivity index (χ1v) is 6.74. The van der Waals surface area contributed by atoms with Gasteiger partial charge in [0.25, 0.3) is 0 Å². The lowest BCUT2D eigenvalue weighted by Crippen LogP contribution is -2.38. The Morgan fingerprint density at radius 1 is 1.32 bits per heavy atom. The van der Waals surface area contributed by atoms with E-state index in [1.165, 1.54) is 0 Å². The van der Waals surface area contributed by atoms with Gasteiger partial charge < -0.3 is 15.2 Å². The lowest BCUT2D eigenvalue weighted by atomic mass is 10.2. The van der Waals surface area contributed by atoms with Crippen LogP contribution in [0.5, 0.6) is 5.75 Å². The van der Waals surface area contributed by atoms with Crippen LogP contribution in [0.1, 0.15) is 19.4 Å². The Bertz CT molecular complexity index is 369. The molecule has 0 fully saturated rings. The Labute approximate surface area is 116 Å². The second kappa shape index (κ2) is 8.15. The number of ether oxygens (including phenoxy) is 1. The van der Waals surface area contributed by atoms with E-state index in [0.29, 0.717) is 19.1 Å². The van der Waals surface area contributed by atoms with Crippen LogP contribution >= 0.6 is 0 Å². The fourth-order valence-corrected chi connectivity index (χ4v) is 1.98. The molecule has 0 saturated carbocycles. The number of methoxy groups -OCH3 is 1. The number of aliphatic hydroxyl groups is 1. The average Bonchev–Trinajstić information content (AvgIpc) is 2.37. The number of hydrogen-bond acceptors (Lipinski definition) is 4. The van der Waals surface area contributed by atoms with Gasteiger partial charge in [-0.2, -0.15) is 0 Å². The van der Waals surface area contributed by atoms with Crippen molar-refractivity contribution in [3.05, 3.63) is 29.8 Å². The molecule has 1 unspecified atom stereocenters. The third kappa shape index (κ3) is 6.05. The summed E-state index contributed by atoms with van der Waals surface area (Å²) in [5.41, 5.74) is 1.14. The Morgan fingerprint density at radius 2 is 2.00 bits per heavy atom. The van der Waals surface area contributed by atoms with E-state index >= 15 is 0 Å². The van der Waals surface area contributed by atoms with Crippen molar-refractivity contribution in [2.45, 2.75) is 32.5 Å². The molecule has 0 amide bonds. The molecule has 0 aromatic heterocycles. The summed E-state index contributed by atoms with van der Waals surface area (Å²) in [6, 6.07) is 8.37. The lowest BCUT2D eigenvalue weighted by Gasteiger charge is -2.22. The largest absolute Gasteiger partial charge is 0.496 e. The highest BCUT2D eigenvalue weighted by molar-refractivity contribution is 5.32. The molecule has 0 aliphatic carbocycles. The number of nitrogens with zero attached hydrogens (tertiary/aromatic N) is 1. The summed E-state index contributed by atoms with van der Waals surface area (Å²) >= 11 is 0. The number of nitrogens with one attached hydrogen (secondary N) is 1. The molecule has 0 aliphatic heterocycles. The standard InChI is InChI=1S/C15H26N2O2/c1-12(2)16-9-14(18)11-17(3)10-13-7-5-6-8-15(13)19-4/h5-8,12,14,16,18H,9-11H2,1-4H3. The van der Waals surface area contributed by atoms with E-state index in [-0.39, 0.29) is 6.10 Å². The first-order chi connectivity index (χ1) is 9.02. The van der Waals surface area contributed by atoms with Crippen LogP contribution in [0.2, 0.25) is 0 Å². The predicted octanol–water partition coefficient (Wildman–Crippen LogP) is 1.49. The highest BCUT2D eigenvalue weighted by atomic mass is 16.5. The number of likely N-dealkylation sites (N-methyl/N-ethyl adjacent to an activating group) is 1. The zero-order valence-electron chi connectivity index (χ0n) is 12.4. The molecule has 0 radical (unpaired) electrons. The second-order valence-corrected chi connectivity index (χ2v) is 5.23. The maximum Gasteiger partial charge on any atom is 0.123 e. The summed E-state index contributed by atoms with van der Waals surface area (Å²) in [4.78, 5) is 2.10. The van der Waals surface area contributed by atoms with E-state index in [1.807, 2.05) is 31.3 Å². The maximum absolute atomic E-state index is 9.94. The fraction of sp³-hybridized carbons (Fsp3) is 0.600. The number of aliphatic hydroxyl groups excluding tert-OH is 1. The topological polar surface area (TPSA) is 44.7 Å². The van der Waals surface area contributed by atoms with Crippen molar-refractivity contribution in [1.82, 2.24) is 10.2 Å². The van der Waals surface area contributed by atoms with Crippen LogP contribution in [0.4, 0.5) is 0 Å². The lowest BCUT2D eigenvalue weighted by molar-refractivity contribution is 0.119. The molecular formula is C15H26N2O2. The van der Waals surface area contributed by atoms with Crippen molar-refractivity contribution in [1.29, 1.82) is 0 Å². The van der Waals surface area contributed by atoms with E-state index in [9.17, 15) is 5.11 Å². The van der Waals surface area contributed by atoms with Crippen molar-refractivity contribution in [3.63, 3.8) is 0 Å². The monoisotopic (exact) mass is 266 g/mol. The van der Waals surface area contributed by atoms with E-state index < -0.39 is 0 Å². The zero-order valence-corrected chi connectivity index (χ0v) is 12.4. The fourth-order valence-electron chi connectivity index (χ4n) is 1.98. The molecule has 4 heteroatoms. The van der Waals surface area contributed by atoms with Gasteiger partial charge in [0.2, 0.25) is 0 Å². The Kier molecular flexibility index (Phi) is 6.84. The molecule has 2 N–H and O–H groups in total. The Morgan fingerprint density at radius 3 is 2.63 bits per heavy atom. The highest BCUT2D eigenvalue weighted by Crippen LogP contribution is 2.18. The molecule has 108 valence electrons. The molecule has 1 aromatic rings. The van der Waals surface area contributed by atoms with Crippen molar-refractivity contribution < 1.29 is 9.84 Å². The summed E-state index contributed by atoms with van der Waals surface area (Å²) in [6.07, 6.45) is -0.359. The number of para-hydroxylation sites is 1. The van der Waals surface area contributed by atoms with Gasteiger partial charge >= 0.3 is 0 Å². The predicted molar refractivity (Wildman–Crippen MR) is 78.5 cm³/mol. The third-order valence-electron chi connectivity index (χ3n) is 2.92. The quantitative estimate of drug-likeness (QED) is 0.748. The van der Waals surface area contributed by atoms with Gasteiger partial charge in [0, 0.05) is 31.2 Å². The molecule has 0 bridgehead atoms. The number of rotatable bonds is 8. The Balaban J connectivity index is 2.44. The summed E-state index contributed by atoms with van der Waals surface area (Å²) in [7, 11) is 3.69. The van der Waals surface area contributed by atoms with Gasteiger partial charge in [-0.05, 0) is 13.1 Å². The summed E-state index contributed by atoms with van der Waals surface area (Å²) < 4.78 is 5.33. The Hall–Kier alpha value is -1.10. The molecule has 4 nitrogen and oxygen atoms in total. The van der Waals surface area contributed by atoms with Gasteiger partial charge in [-0.25, -0.2) is 0 Å². The molecule has 0 aliphatic rings. The zero-order chi connectivity index (χ0) is 14.3. The van der Waals surface area contributed by atoms with Crippen LogP contribution < -0.4 is 10.1 Å². The molecule has 1 rings (SSSR count). The van der Waals surface area contributed by atoms with Crippen molar-refractivity contribution >= 4 is 0 Å². The summed E-state index contributed by atoms with van der Waals surface area (Å²) in [6.45, 7) is 6.17. The van der Waals surface area contributed by atoms with Gasteiger partial charge in [-0.1, -0.05) is 32.0 Å². The van der Waals surface area contributed by atoms with E-state index in [0.717, 1.165) is 17.9 Å². The highest BCUT2D eigenvalue weighted by Gasteiger charge is 2.10. The third-order valence-corrected chi connectivity index (χ3v) is 2.92. The molecule has 0 heterocycles. The van der Waals surface area contributed by atoms with Crippen LogP contribution in [0.25, 0.3) is 0 Å². The minimum Gasteiger partial charge on any atom is -0.496 e. The van der Waals surface area contributed by atoms with Crippen LogP contribution in [-0.2, 0) is 6.54 Å².